The maximum atomic E-state index is 13.5. The second-order valence-corrected chi connectivity index (χ2v) is 12.0. The molecule has 0 aliphatic carbocycles. The fraction of sp³-hybridized carbons (Fsp3) is 0.0811. The number of hydrogen-bond donors (Lipinski definition) is 3. The normalized spacial score (nSPS) is 11.4. The number of fused-ring (bicyclic) bond motifs is 1. The van der Waals surface area contributed by atoms with E-state index in [0.29, 0.717) is 15.9 Å². The highest BCUT2D eigenvalue weighted by atomic mass is 32.1. The Morgan fingerprint density at radius 2 is 1.46 bits per heavy atom. The standard InChI is InChI=1S/C37H29N7O3S/c1-24-22-48-36-30(24)33(45)41-32(42-36)34(46)38-21-25-12-11-19-29(20-25)40-35(47)31-39-23-44(43-31)37(26-13-5-2-6-14-26,27-15-7-3-8-16-27)28-17-9-4-10-18-28/h2-20,22-23H,21H2,1H3,(H,38,46)(H,40,47)(H,41,42,45). The smallest absolute Gasteiger partial charge is 0.295 e. The molecular formula is C37H29N7O3S. The molecule has 48 heavy (non-hydrogen) atoms. The average molecular weight is 652 g/mol. The highest BCUT2D eigenvalue weighted by Gasteiger charge is 2.40. The van der Waals surface area contributed by atoms with Crippen LogP contribution in [0.4, 0.5) is 5.69 Å². The molecule has 0 saturated carbocycles. The third-order valence-electron chi connectivity index (χ3n) is 8.09. The number of aromatic nitrogens is 5. The van der Waals surface area contributed by atoms with E-state index < -0.39 is 17.4 Å². The number of anilines is 1. The Hall–Kier alpha value is -6.20. The first-order valence-corrected chi connectivity index (χ1v) is 16.1. The average Bonchev–Trinajstić information content (AvgIpc) is 3.77. The van der Waals surface area contributed by atoms with Gasteiger partial charge in [0.2, 0.25) is 11.6 Å². The number of rotatable bonds is 9. The number of amides is 2. The number of nitrogens with one attached hydrogen (secondary N) is 3. The number of nitrogens with zero attached hydrogens (tertiary/aromatic N) is 4. The maximum Gasteiger partial charge on any atom is 0.295 e. The Labute approximate surface area is 279 Å². The van der Waals surface area contributed by atoms with Crippen molar-refractivity contribution >= 4 is 39.1 Å². The van der Waals surface area contributed by atoms with Gasteiger partial charge >= 0.3 is 0 Å². The summed E-state index contributed by atoms with van der Waals surface area (Å²) in [5, 5.41) is 12.7. The van der Waals surface area contributed by atoms with Gasteiger partial charge in [0.1, 0.15) is 16.7 Å². The lowest BCUT2D eigenvalue weighted by Crippen LogP contribution is -2.38. The number of benzene rings is 4. The van der Waals surface area contributed by atoms with Crippen LogP contribution in [0.2, 0.25) is 0 Å². The number of H-pyrrole nitrogens is 1. The summed E-state index contributed by atoms with van der Waals surface area (Å²) in [7, 11) is 0. The van der Waals surface area contributed by atoms with Crippen molar-refractivity contribution in [1.82, 2.24) is 30.0 Å². The van der Waals surface area contributed by atoms with Crippen LogP contribution in [0.15, 0.2) is 132 Å². The lowest BCUT2D eigenvalue weighted by atomic mass is 9.77. The van der Waals surface area contributed by atoms with Crippen molar-refractivity contribution in [2.45, 2.75) is 19.0 Å². The van der Waals surface area contributed by atoms with Crippen LogP contribution in [-0.4, -0.2) is 36.5 Å². The molecule has 0 bridgehead atoms. The van der Waals surface area contributed by atoms with Crippen LogP contribution in [0.5, 0.6) is 0 Å². The van der Waals surface area contributed by atoms with Crippen molar-refractivity contribution in [2.24, 2.45) is 0 Å². The summed E-state index contributed by atoms with van der Waals surface area (Å²) in [5.74, 6) is -1.06. The predicted molar refractivity (Wildman–Crippen MR) is 185 cm³/mol. The Kier molecular flexibility index (Phi) is 8.18. The number of hydrogen-bond acceptors (Lipinski definition) is 7. The molecule has 7 aromatic rings. The zero-order valence-corrected chi connectivity index (χ0v) is 26.6. The van der Waals surface area contributed by atoms with E-state index in [1.807, 2.05) is 109 Å². The molecule has 0 unspecified atom stereocenters. The molecular weight excluding hydrogens is 623 g/mol. The van der Waals surface area contributed by atoms with Crippen molar-refractivity contribution in [2.75, 3.05) is 5.32 Å². The second kappa shape index (κ2) is 12.9. The number of carbonyl (C=O) groups excluding carboxylic acids is 2. The van der Waals surface area contributed by atoms with Gasteiger partial charge in [0, 0.05) is 12.2 Å². The van der Waals surface area contributed by atoms with E-state index in [9.17, 15) is 14.4 Å². The molecule has 3 heterocycles. The Morgan fingerprint density at radius 3 is 2.08 bits per heavy atom. The number of carbonyl (C=O) groups is 2. The molecule has 236 valence electrons. The van der Waals surface area contributed by atoms with Gasteiger partial charge in [-0.05, 0) is 52.3 Å². The van der Waals surface area contributed by atoms with Crippen LogP contribution in [0, 0.1) is 6.92 Å². The van der Waals surface area contributed by atoms with E-state index >= 15 is 0 Å². The van der Waals surface area contributed by atoms with Crippen LogP contribution in [0.25, 0.3) is 10.2 Å². The largest absolute Gasteiger partial charge is 0.345 e. The van der Waals surface area contributed by atoms with Crippen LogP contribution in [0.1, 0.15) is 49.1 Å². The second-order valence-electron chi connectivity index (χ2n) is 11.2. The fourth-order valence-corrected chi connectivity index (χ4v) is 6.79. The van der Waals surface area contributed by atoms with Crippen molar-refractivity contribution < 1.29 is 9.59 Å². The van der Waals surface area contributed by atoms with Gasteiger partial charge in [0.15, 0.2) is 0 Å². The lowest BCUT2D eigenvalue weighted by molar-refractivity contribution is 0.0939. The SMILES string of the molecule is Cc1csc2nc(C(=O)NCc3cccc(NC(=O)c4ncn(C(c5ccccc5)(c5ccccc5)c5ccccc5)n4)c3)[nH]c(=O)c12. The van der Waals surface area contributed by atoms with Crippen molar-refractivity contribution in [3.8, 4) is 0 Å². The van der Waals surface area contributed by atoms with Gasteiger partial charge < -0.3 is 15.6 Å². The van der Waals surface area contributed by atoms with Crippen LogP contribution in [-0.2, 0) is 12.1 Å². The first-order valence-electron chi connectivity index (χ1n) is 15.2. The van der Waals surface area contributed by atoms with Gasteiger partial charge in [-0.1, -0.05) is 103 Å². The third-order valence-corrected chi connectivity index (χ3v) is 9.08. The first-order chi connectivity index (χ1) is 23.4. The zero-order chi connectivity index (χ0) is 33.1. The molecule has 0 aliphatic rings. The molecule has 10 nitrogen and oxygen atoms in total. The van der Waals surface area contributed by atoms with Gasteiger partial charge in [-0.2, -0.15) is 0 Å². The quantitative estimate of drug-likeness (QED) is 0.166. The van der Waals surface area contributed by atoms with E-state index in [1.54, 1.807) is 29.2 Å². The molecule has 0 saturated heterocycles. The third kappa shape index (κ3) is 5.67. The van der Waals surface area contributed by atoms with E-state index in [-0.39, 0.29) is 23.8 Å². The number of thiophene rings is 1. The molecule has 2 amide bonds. The first kappa shape index (κ1) is 30.5. The van der Waals surface area contributed by atoms with Gasteiger partial charge in [0.25, 0.3) is 17.4 Å². The lowest BCUT2D eigenvalue weighted by Gasteiger charge is -2.35. The van der Waals surface area contributed by atoms with Gasteiger partial charge in [0.05, 0.1) is 5.39 Å². The van der Waals surface area contributed by atoms with Gasteiger partial charge in [-0.15, -0.1) is 16.4 Å². The molecule has 0 aliphatic heterocycles. The van der Waals surface area contributed by atoms with Gasteiger partial charge in [-0.25, -0.2) is 14.6 Å². The summed E-state index contributed by atoms with van der Waals surface area (Å²) >= 11 is 1.32. The van der Waals surface area contributed by atoms with E-state index in [1.165, 1.54) is 11.3 Å². The van der Waals surface area contributed by atoms with Crippen LogP contribution in [0.3, 0.4) is 0 Å². The van der Waals surface area contributed by atoms with Crippen LogP contribution < -0.4 is 16.2 Å². The number of aryl methyl sites for hydroxylation is 1. The summed E-state index contributed by atoms with van der Waals surface area (Å²) in [6.45, 7) is 1.98. The molecule has 11 heteroatoms. The van der Waals surface area contributed by atoms with Crippen molar-refractivity contribution in [3.63, 3.8) is 0 Å². The number of aromatic amines is 1. The highest BCUT2D eigenvalue weighted by molar-refractivity contribution is 7.16. The van der Waals surface area contributed by atoms with Crippen LogP contribution >= 0.6 is 11.3 Å². The molecule has 4 aromatic carbocycles. The summed E-state index contributed by atoms with van der Waals surface area (Å²) in [4.78, 5) is 50.7. The molecule has 0 radical (unpaired) electrons. The fourth-order valence-electron chi connectivity index (χ4n) is 5.87. The molecule has 3 aromatic heterocycles. The summed E-state index contributed by atoms with van der Waals surface area (Å²) < 4.78 is 1.74. The minimum Gasteiger partial charge on any atom is -0.345 e. The van der Waals surface area contributed by atoms with Gasteiger partial charge in [-0.3, -0.25) is 14.4 Å². The van der Waals surface area contributed by atoms with Crippen molar-refractivity contribution in [3.05, 3.63) is 177 Å². The molecule has 7 rings (SSSR count). The predicted octanol–water partition coefficient (Wildman–Crippen LogP) is 5.91. The van der Waals surface area contributed by atoms with Crippen molar-refractivity contribution in [1.29, 1.82) is 0 Å². The topological polar surface area (TPSA) is 135 Å². The summed E-state index contributed by atoms with van der Waals surface area (Å²) in [6, 6.07) is 37.1. The van der Waals surface area contributed by atoms with E-state index in [2.05, 4.69) is 25.6 Å². The highest BCUT2D eigenvalue weighted by Crippen LogP contribution is 2.40. The van der Waals surface area contributed by atoms with E-state index in [0.717, 1.165) is 27.8 Å². The molecule has 0 spiro atoms. The molecule has 0 fully saturated rings. The zero-order valence-electron chi connectivity index (χ0n) is 25.8. The Morgan fingerprint density at radius 1 is 0.833 bits per heavy atom. The Balaban J connectivity index is 1.13. The Bertz CT molecular complexity index is 2200. The van der Waals surface area contributed by atoms with E-state index in [4.69, 9.17) is 5.10 Å². The minimum atomic E-state index is -0.903. The molecule has 3 N–H and O–H groups in total. The monoisotopic (exact) mass is 651 g/mol. The maximum absolute atomic E-state index is 13.5. The minimum absolute atomic E-state index is 0.00453. The summed E-state index contributed by atoms with van der Waals surface area (Å²) in [6.07, 6.45) is 1.58. The summed E-state index contributed by atoms with van der Waals surface area (Å²) in [5.41, 5.74) is 3.67. The molecule has 0 atom stereocenters.